The fraction of sp³-hybridized carbons (Fsp3) is 0.524. The summed E-state index contributed by atoms with van der Waals surface area (Å²) in [4.78, 5) is 8.62. The minimum atomic E-state index is -0.299. The summed E-state index contributed by atoms with van der Waals surface area (Å²) in [7, 11) is 2.08. The van der Waals surface area contributed by atoms with Gasteiger partial charge in [-0.2, -0.15) is 0 Å². The number of rotatable bonds is 8. The Kier molecular flexibility index (Phi) is 7.65. The zero-order valence-corrected chi connectivity index (χ0v) is 16.6. The quantitative estimate of drug-likeness (QED) is 0.771. The molecule has 0 aliphatic carbocycles. The summed E-state index contributed by atoms with van der Waals surface area (Å²) < 4.78 is 0. The molecule has 0 radical (unpaired) electrons. The van der Waals surface area contributed by atoms with Crippen LogP contribution in [0.3, 0.4) is 0 Å². The minimum absolute atomic E-state index is 0.299. The fourth-order valence-corrected chi connectivity index (χ4v) is 4.41. The second kappa shape index (κ2) is 10.2. The van der Waals surface area contributed by atoms with Crippen molar-refractivity contribution in [3.8, 4) is 0 Å². The van der Waals surface area contributed by atoms with Gasteiger partial charge in [0.25, 0.3) is 0 Å². The lowest BCUT2D eigenvalue weighted by atomic mass is 10.2. The fourth-order valence-electron chi connectivity index (χ4n) is 3.66. The first-order valence-electron chi connectivity index (χ1n) is 9.56. The Morgan fingerprint density at radius 3 is 2.58 bits per heavy atom. The van der Waals surface area contributed by atoms with Crippen molar-refractivity contribution in [2.45, 2.75) is 25.6 Å². The minimum Gasteiger partial charge on any atom is -0.390 e. The molecule has 4 nitrogen and oxygen atoms in total. The van der Waals surface area contributed by atoms with E-state index in [0.29, 0.717) is 6.54 Å². The first kappa shape index (κ1) is 19.5. The van der Waals surface area contributed by atoms with Gasteiger partial charge in [0, 0.05) is 44.1 Å². The van der Waals surface area contributed by atoms with Crippen molar-refractivity contribution in [3.63, 3.8) is 0 Å². The summed E-state index contributed by atoms with van der Waals surface area (Å²) >= 11 is 1.84. The predicted octanol–water partition coefficient (Wildman–Crippen LogP) is 2.75. The number of β-amino-alcohol motifs (C(OH)–C–C–N with tert-alkyl or cyclic N) is 1. The largest absolute Gasteiger partial charge is 0.390 e. The van der Waals surface area contributed by atoms with Crippen molar-refractivity contribution < 1.29 is 5.11 Å². The van der Waals surface area contributed by atoms with Crippen molar-refractivity contribution in [3.05, 3.63) is 58.3 Å². The van der Waals surface area contributed by atoms with Crippen molar-refractivity contribution >= 4 is 11.3 Å². The molecule has 0 amide bonds. The summed E-state index contributed by atoms with van der Waals surface area (Å²) in [6, 6.07) is 14.8. The zero-order valence-electron chi connectivity index (χ0n) is 15.8. The monoisotopic (exact) mass is 373 g/mol. The smallest absolute Gasteiger partial charge is 0.0793 e. The van der Waals surface area contributed by atoms with Crippen LogP contribution in [0.5, 0.6) is 0 Å². The van der Waals surface area contributed by atoms with Gasteiger partial charge in [0.2, 0.25) is 0 Å². The highest BCUT2D eigenvalue weighted by Gasteiger charge is 2.18. The molecule has 2 heterocycles. The first-order chi connectivity index (χ1) is 12.7. The number of thiophene rings is 1. The Bertz CT molecular complexity index is 619. The second-order valence-corrected chi connectivity index (χ2v) is 8.38. The van der Waals surface area contributed by atoms with E-state index in [1.54, 1.807) is 0 Å². The molecule has 0 bridgehead atoms. The molecule has 1 atom stereocenters. The molecule has 1 aromatic heterocycles. The van der Waals surface area contributed by atoms with E-state index in [0.717, 1.165) is 45.8 Å². The molecule has 2 aromatic rings. The van der Waals surface area contributed by atoms with E-state index in [1.807, 2.05) is 17.4 Å². The number of aliphatic hydroxyl groups excluding tert-OH is 1. The van der Waals surface area contributed by atoms with Crippen molar-refractivity contribution in [1.29, 1.82) is 0 Å². The van der Waals surface area contributed by atoms with Gasteiger partial charge >= 0.3 is 0 Å². The number of hydrogen-bond acceptors (Lipinski definition) is 5. The summed E-state index contributed by atoms with van der Waals surface area (Å²) in [5, 5.41) is 12.7. The molecule has 1 saturated heterocycles. The Labute approximate surface area is 161 Å². The summed E-state index contributed by atoms with van der Waals surface area (Å²) in [6.45, 7) is 7.80. The lowest BCUT2D eigenvalue weighted by Gasteiger charge is -2.26. The van der Waals surface area contributed by atoms with Gasteiger partial charge in [-0.3, -0.25) is 14.7 Å². The van der Waals surface area contributed by atoms with Gasteiger partial charge in [-0.1, -0.05) is 36.4 Å². The molecular formula is C21H31N3OS. The molecule has 1 N–H and O–H groups in total. The molecule has 1 aromatic carbocycles. The van der Waals surface area contributed by atoms with Crippen molar-refractivity contribution in [2.75, 3.05) is 46.3 Å². The van der Waals surface area contributed by atoms with E-state index in [4.69, 9.17) is 0 Å². The highest BCUT2D eigenvalue weighted by molar-refractivity contribution is 7.09. The second-order valence-electron chi connectivity index (χ2n) is 7.35. The van der Waals surface area contributed by atoms with Gasteiger partial charge in [-0.15, -0.1) is 11.3 Å². The van der Waals surface area contributed by atoms with Crippen LogP contribution in [0, 0.1) is 0 Å². The molecular weight excluding hydrogens is 342 g/mol. The zero-order chi connectivity index (χ0) is 18.2. The van der Waals surface area contributed by atoms with E-state index in [2.05, 4.69) is 63.5 Å². The molecule has 5 heteroatoms. The third-order valence-electron chi connectivity index (χ3n) is 4.93. The number of benzene rings is 1. The average molecular weight is 374 g/mol. The summed E-state index contributed by atoms with van der Waals surface area (Å²) in [6.07, 6.45) is 0.880. The highest BCUT2D eigenvalue weighted by atomic mass is 32.1. The Morgan fingerprint density at radius 2 is 1.81 bits per heavy atom. The molecule has 1 unspecified atom stereocenters. The molecule has 0 spiro atoms. The molecule has 0 saturated carbocycles. The number of likely N-dealkylation sites (N-methyl/N-ethyl adjacent to an activating group) is 1. The van der Waals surface area contributed by atoms with Crippen LogP contribution in [0.25, 0.3) is 0 Å². The molecule has 1 aliphatic heterocycles. The van der Waals surface area contributed by atoms with Gasteiger partial charge in [0.15, 0.2) is 0 Å². The SMILES string of the molecule is CN(Cc1ccccc1)CC(O)CN1CCCN(Cc2cccs2)CC1. The van der Waals surface area contributed by atoms with E-state index in [1.165, 1.54) is 16.9 Å². The van der Waals surface area contributed by atoms with Gasteiger partial charge < -0.3 is 5.11 Å². The predicted molar refractivity (Wildman–Crippen MR) is 109 cm³/mol. The molecule has 26 heavy (non-hydrogen) atoms. The van der Waals surface area contributed by atoms with Crippen LogP contribution in [-0.4, -0.2) is 72.2 Å². The number of aliphatic hydroxyl groups is 1. The van der Waals surface area contributed by atoms with Crippen LogP contribution >= 0.6 is 11.3 Å². The Morgan fingerprint density at radius 1 is 1.04 bits per heavy atom. The molecule has 3 rings (SSSR count). The third kappa shape index (κ3) is 6.49. The molecule has 1 aliphatic rings. The lowest BCUT2D eigenvalue weighted by Crippen LogP contribution is -2.40. The van der Waals surface area contributed by atoms with Crippen LogP contribution in [0.1, 0.15) is 16.9 Å². The highest BCUT2D eigenvalue weighted by Crippen LogP contribution is 2.14. The van der Waals surface area contributed by atoms with E-state index < -0.39 is 0 Å². The normalized spacial score (nSPS) is 18.1. The van der Waals surface area contributed by atoms with E-state index in [9.17, 15) is 5.11 Å². The third-order valence-corrected chi connectivity index (χ3v) is 5.79. The standard InChI is InChI=1S/C21H31N3OS/c1-22(15-19-7-3-2-4-8-19)16-20(25)17-23-10-6-11-24(13-12-23)18-21-9-5-14-26-21/h2-5,7-9,14,20,25H,6,10-13,15-18H2,1H3. The maximum absolute atomic E-state index is 10.5. The molecule has 142 valence electrons. The number of nitrogens with zero attached hydrogens (tertiary/aromatic N) is 3. The van der Waals surface area contributed by atoms with Crippen LogP contribution in [-0.2, 0) is 13.1 Å². The lowest BCUT2D eigenvalue weighted by molar-refractivity contribution is 0.0810. The first-order valence-corrected chi connectivity index (χ1v) is 10.4. The van der Waals surface area contributed by atoms with Crippen LogP contribution in [0.4, 0.5) is 0 Å². The van der Waals surface area contributed by atoms with Gasteiger partial charge in [0.05, 0.1) is 6.10 Å². The Hall–Kier alpha value is -1.24. The van der Waals surface area contributed by atoms with Crippen molar-refractivity contribution in [1.82, 2.24) is 14.7 Å². The van der Waals surface area contributed by atoms with Gasteiger partial charge in [-0.05, 0) is 43.6 Å². The van der Waals surface area contributed by atoms with E-state index >= 15 is 0 Å². The van der Waals surface area contributed by atoms with Crippen LogP contribution in [0.2, 0.25) is 0 Å². The molecule has 1 fully saturated rings. The van der Waals surface area contributed by atoms with Gasteiger partial charge in [-0.25, -0.2) is 0 Å². The average Bonchev–Trinajstić information content (AvgIpc) is 3.03. The van der Waals surface area contributed by atoms with Gasteiger partial charge in [0.1, 0.15) is 0 Å². The van der Waals surface area contributed by atoms with Crippen LogP contribution in [0.15, 0.2) is 47.8 Å². The maximum atomic E-state index is 10.5. The summed E-state index contributed by atoms with van der Waals surface area (Å²) in [5.41, 5.74) is 1.29. The van der Waals surface area contributed by atoms with Crippen LogP contribution < -0.4 is 0 Å². The number of hydrogen-bond donors (Lipinski definition) is 1. The summed E-state index contributed by atoms with van der Waals surface area (Å²) in [5.74, 6) is 0. The maximum Gasteiger partial charge on any atom is 0.0793 e. The van der Waals surface area contributed by atoms with E-state index in [-0.39, 0.29) is 6.10 Å². The van der Waals surface area contributed by atoms with Crippen molar-refractivity contribution in [2.24, 2.45) is 0 Å². The topological polar surface area (TPSA) is 30.0 Å². The Balaban J connectivity index is 1.39.